The van der Waals surface area contributed by atoms with Crippen molar-refractivity contribution in [1.29, 1.82) is 0 Å². The normalized spacial score (nSPS) is 12.0. The Balaban J connectivity index is 1.32. The smallest absolute Gasteiger partial charge is 0.273 e. The summed E-state index contributed by atoms with van der Waals surface area (Å²) < 4.78 is 3.16. The van der Waals surface area contributed by atoms with Gasteiger partial charge in [0.25, 0.3) is 5.56 Å². The number of carbonyl (C=O) groups excluding carboxylic acids is 1. The van der Waals surface area contributed by atoms with Crippen molar-refractivity contribution in [2.24, 2.45) is 7.05 Å². The first-order valence-corrected chi connectivity index (χ1v) is 12.1. The van der Waals surface area contributed by atoms with Gasteiger partial charge in [-0.05, 0) is 42.0 Å². The zero-order chi connectivity index (χ0) is 24.9. The molecule has 1 aliphatic carbocycles. The molecular weight excluding hydrogens is 452 g/mol. The Bertz CT molecular complexity index is 1470. The molecule has 182 valence electrons. The van der Waals surface area contributed by atoms with E-state index in [2.05, 4.69) is 38.6 Å². The molecule has 1 N–H and O–H groups in total. The summed E-state index contributed by atoms with van der Waals surface area (Å²) >= 11 is 0. The molecule has 3 aromatic heterocycles. The van der Waals surface area contributed by atoms with E-state index in [1.165, 1.54) is 10.1 Å². The minimum atomic E-state index is -0.250. The van der Waals surface area contributed by atoms with Gasteiger partial charge in [0.2, 0.25) is 5.91 Å². The monoisotopic (exact) mass is 480 g/mol. The topological polar surface area (TPSA) is 94.7 Å². The molecule has 0 saturated carbocycles. The third-order valence-corrected chi connectivity index (χ3v) is 6.31. The van der Waals surface area contributed by atoms with E-state index in [1.54, 1.807) is 23.3 Å². The molecular formula is C28H28N6O2. The van der Waals surface area contributed by atoms with Gasteiger partial charge in [-0.1, -0.05) is 42.5 Å². The lowest BCUT2D eigenvalue weighted by Crippen LogP contribution is -2.34. The van der Waals surface area contributed by atoms with Crippen LogP contribution in [0.5, 0.6) is 0 Å². The average Bonchev–Trinajstić information content (AvgIpc) is 3.54. The van der Waals surface area contributed by atoms with Crippen LogP contribution in [0.15, 0.2) is 72.1 Å². The summed E-state index contributed by atoms with van der Waals surface area (Å²) in [5.41, 5.74) is 5.80. The molecule has 8 nitrogen and oxygen atoms in total. The first-order chi connectivity index (χ1) is 17.6. The molecule has 1 aliphatic rings. The van der Waals surface area contributed by atoms with Crippen molar-refractivity contribution in [3.63, 3.8) is 0 Å². The summed E-state index contributed by atoms with van der Waals surface area (Å²) in [4.78, 5) is 35.3. The van der Waals surface area contributed by atoms with Crippen molar-refractivity contribution in [1.82, 2.24) is 29.6 Å². The summed E-state index contributed by atoms with van der Waals surface area (Å²) in [6.45, 7) is 0.245. The Hall–Kier alpha value is -4.33. The number of rotatable bonds is 9. The minimum absolute atomic E-state index is 0.102. The largest absolute Gasteiger partial charge is 0.350 e. The molecule has 0 bridgehead atoms. The van der Waals surface area contributed by atoms with E-state index < -0.39 is 0 Å². The third-order valence-electron chi connectivity index (χ3n) is 6.31. The number of benzene rings is 1. The molecule has 4 aromatic rings. The van der Waals surface area contributed by atoms with Crippen molar-refractivity contribution in [3.05, 3.63) is 106 Å². The van der Waals surface area contributed by atoms with Crippen LogP contribution in [-0.4, -0.2) is 30.2 Å². The van der Waals surface area contributed by atoms with E-state index >= 15 is 0 Å². The number of hydrogen-bond donors (Lipinski definition) is 1. The van der Waals surface area contributed by atoms with Gasteiger partial charge in [0.1, 0.15) is 12.2 Å². The van der Waals surface area contributed by atoms with Crippen LogP contribution in [-0.2, 0) is 44.2 Å². The van der Waals surface area contributed by atoms with Gasteiger partial charge in [0.05, 0.1) is 23.8 Å². The van der Waals surface area contributed by atoms with Gasteiger partial charge in [-0.25, -0.2) is 0 Å². The highest BCUT2D eigenvalue weighted by molar-refractivity contribution is 5.76. The maximum atomic E-state index is 13.4. The predicted octanol–water partition coefficient (Wildman–Crippen LogP) is 3.10. The number of nitrogens with one attached hydrogen (secondary N) is 1. The summed E-state index contributed by atoms with van der Waals surface area (Å²) in [7, 11) is 1.81. The van der Waals surface area contributed by atoms with Crippen molar-refractivity contribution in [3.8, 4) is 11.3 Å². The molecule has 3 heterocycles. The van der Waals surface area contributed by atoms with Gasteiger partial charge in [-0.15, -0.1) is 0 Å². The highest BCUT2D eigenvalue weighted by Crippen LogP contribution is 2.19. The maximum absolute atomic E-state index is 13.4. The zero-order valence-electron chi connectivity index (χ0n) is 20.2. The van der Waals surface area contributed by atoms with Crippen LogP contribution in [0.3, 0.4) is 0 Å². The van der Waals surface area contributed by atoms with Crippen LogP contribution < -0.4 is 10.9 Å². The zero-order valence-corrected chi connectivity index (χ0v) is 20.2. The van der Waals surface area contributed by atoms with E-state index in [-0.39, 0.29) is 18.0 Å². The van der Waals surface area contributed by atoms with Crippen LogP contribution in [0.1, 0.15) is 34.5 Å². The quantitative estimate of drug-likeness (QED) is 0.397. The number of hydrogen-bond acceptors (Lipinski definition) is 5. The SMILES string of the molecule is Cn1cc(-c2cnc(CCCc3ccccc3)c(=O)n2CC(=O)NCc2cnc3c(c2)C=CC3)cn1. The minimum Gasteiger partial charge on any atom is -0.350 e. The van der Waals surface area contributed by atoms with E-state index in [9.17, 15) is 9.59 Å². The van der Waals surface area contributed by atoms with Crippen LogP contribution in [0.25, 0.3) is 17.3 Å². The van der Waals surface area contributed by atoms with Gasteiger partial charge in [0, 0.05) is 38.0 Å². The second-order valence-electron chi connectivity index (χ2n) is 8.99. The first-order valence-electron chi connectivity index (χ1n) is 12.1. The van der Waals surface area contributed by atoms with Crippen molar-refractivity contribution in [2.75, 3.05) is 0 Å². The van der Waals surface area contributed by atoms with E-state index in [0.29, 0.717) is 24.4 Å². The fraction of sp³-hybridized carbons (Fsp3) is 0.250. The summed E-state index contributed by atoms with van der Waals surface area (Å²) in [6.07, 6.45) is 14.1. The van der Waals surface area contributed by atoms with Crippen LogP contribution in [0.4, 0.5) is 0 Å². The van der Waals surface area contributed by atoms with Crippen LogP contribution in [0, 0.1) is 0 Å². The molecule has 0 aliphatic heterocycles. The van der Waals surface area contributed by atoms with Gasteiger partial charge in [-0.3, -0.25) is 28.8 Å². The van der Waals surface area contributed by atoms with E-state index in [0.717, 1.165) is 41.6 Å². The first kappa shape index (κ1) is 23.4. The van der Waals surface area contributed by atoms with Crippen LogP contribution in [0.2, 0.25) is 0 Å². The highest BCUT2D eigenvalue weighted by Gasteiger charge is 2.16. The molecule has 36 heavy (non-hydrogen) atoms. The number of allylic oxidation sites excluding steroid dienone is 1. The average molecular weight is 481 g/mol. The highest BCUT2D eigenvalue weighted by atomic mass is 16.2. The lowest BCUT2D eigenvalue weighted by atomic mass is 10.1. The standard InChI is InChI=1S/C28H28N6O2/c1-33-18-23(16-32-33)26-17-30-25(12-5-9-20-7-3-2-4-8-20)28(36)34(26)19-27(35)31-15-21-13-22-10-6-11-24(22)29-14-21/h2-4,6-8,10,13-14,16-18H,5,9,11-12,15,19H2,1H3,(H,31,35). The number of fused-ring (bicyclic) bond motifs is 1. The van der Waals surface area contributed by atoms with Crippen molar-refractivity contribution in [2.45, 2.75) is 38.8 Å². The molecule has 0 spiro atoms. The second kappa shape index (κ2) is 10.5. The van der Waals surface area contributed by atoms with Gasteiger partial charge >= 0.3 is 0 Å². The van der Waals surface area contributed by atoms with E-state index in [4.69, 9.17) is 0 Å². The Morgan fingerprint density at radius 3 is 2.72 bits per heavy atom. The molecule has 1 amide bonds. The predicted molar refractivity (Wildman–Crippen MR) is 138 cm³/mol. The summed E-state index contributed by atoms with van der Waals surface area (Å²) in [5, 5.41) is 7.14. The molecule has 0 unspecified atom stereocenters. The number of amides is 1. The van der Waals surface area contributed by atoms with Gasteiger partial charge < -0.3 is 5.32 Å². The number of carbonyl (C=O) groups is 1. The summed E-state index contributed by atoms with van der Waals surface area (Å²) in [5.74, 6) is -0.250. The van der Waals surface area contributed by atoms with Gasteiger partial charge in [0.15, 0.2) is 0 Å². The Morgan fingerprint density at radius 2 is 1.92 bits per heavy atom. The van der Waals surface area contributed by atoms with E-state index in [1.807, 2.05) is 43.6 Å². The Morgan fingerprint density at radius 1 is 1.06 bits per heavy atom. The second-order valence-corrected chi connectivity index (χ2v) is 8.99. The van der Waals surface area contributed by atoms with Crippen LogP contribution >= 0.6 is 0 Å². The fourth-order valence-electron chi connectivity index (χ4n) is 4.41. The maximum Gasteiger partial charge on any atom is 0.273 e. The number of nitrogens with zero attached hydrogens (tertiary/aromatic N) is 5. The molecule has 0 fully saturated rings. The third kappa shape index (κ3) is 5.33. The molecule has 5 rings (SSSR count). The van der Waals surface area contributed by atoms with Crippen molar-refractivity contribution >= 4 is 12.0 Å². The number of aryl methyl sites for hydroxylation is 3. The Labute approximate surface area is 209 Å². The Kier molecular flexibility index (Phi) is 6.84. The number of aromatic nitrogens is 5. The lowest BCUT2D eigenvalue weighted by molar-refractivity contribution is -0.121. The number of pyridine rings is 1. The molecule has 0 saturated heterocycles. The fourth-order valence-corrected chi connectivity index (χ4v) is 4.41. The lowest BCUT2D eigenvalue weighted by Gasteiger charge is -2.14. The molecule has 0 radical (unpaired) electrons. The van der Waals surface area contributed by atoms with Crippen molar-refractivity contribution < 1.29 is 4.79 Å². The molecule has 1 aromatic carbocycles. The summed E-state index contributed by atoms with van der Waals surface area (Å²) in [6, 6.07) is 12.2. The molecule has 0 atom stereocenters. The van der Waals surface area contributed by atoms with Gasteiger partial charge in [-0.2, -0.15) is 5.10 Å². The molecule has 8 heteroatoms.